The molecule has 2 fully saturated rings. The van der Waals surface area contributed by atoms with Gasteiger partial charge in [0.2, 0.25) is 0 Å². The first-order valence-corrected chi connectivity index (χ1v) is 5.96. The largest absolute Gasteiger partial charge is 0.459 e. The quantitative estimate of drug-likeness (QED) is 0.721. The minimum absolute atomic E-state index is 0.0302. The van der Waals surface area contributed by atoms with E-state index in [0.29, 0.717) is 6.54 Å². The third-order valence-electron chi connectivity index (χ3n) is 3.49. The van der Waals surface area contributed by atoms with Crippen molar-refractivity contribution in [3.8, 4) is 0 Å². The first-order valence-electron chi connectivity index (χ1n) is 5.96. The standard InChI is InChI=1S/C12H21NO3/c1-11(2,3)16-10(14)12(7-13)6-8-4-5-9(12)15-8/h8-9H,4-7,13H2,1-3H3/t8-,9+,12-/m1/s1. The molecule has 0 unspecified atom stereocenters. The van der Waals surface area contributed by atoms with Crippen molar-refractivity contribution in [2.45, 2.75) is 57.8 Å². The summed E-state index contributed by atoms with van der Waals surface area (Å²) in [5, 5.41) is 0. The monoisotopic (exact) mass is 227 g/mol. The summed E-state index contributed by atoms with van der Waals surface area (Å²) in [5.41, 5.74) is 4.75. The summed E-state index contributed by atoms with van der Waals surface area (Å²) in [5.74, 6) is -0.185. The van der Waals surface area contributed by atoms with Crippen molar-refractivity contribution in [3.63, 3.8) is 0 Å². The third kappa shape index (κ3) is 1.84. The fourth-order valence-corrected chi connectivity index (χ4v) is 2.69. The first-order chi connectivity index (χ1) is 7.37. The normalized spacial score (nSPS) is 37.8. The Morgan fingerprint density at radius 3 is 2.56 bits per heavy atom. The van der Waals surface area contributed by atoms with Gasteiger partial charge in [0.1, 0.15) is 11.0 Å². The van der Waals surface area contributed by atoms with E-state index in [4.69, 9.17) is 15.2 Å². The smallest absolute Gasteiger partial charge is 0.316 e. The molecule has 2 bridgehead atoms. The predicted octanol–water partition coefficient (Wildman–Crippen LogP) is 1.22. The van der Waals surface area contributed by atoms with Gasteiger partial charge in [-0.05, 0) is 40.0 Å². The summed E-state index contributed by atoms with van der Waals surface area (Å²) >= 11 is 0. The van der Waals surface area contributed by atoms with Crippen LogP contribution < -0.4 is 5.73 Å². The highest BCUT2D eigenvalue weighted by Gasteiger charge is 2.57. The van der Waals surface area contributed by atoms with Gasteiger partial charge in [-0.2, -0.15) is 0 Å². The lowest BCUT2D eigenvalue weighted by atomic mass is 9.74. The third-order valence-corrected chi connectivity index (χ3v) is 3.49. The fourth-order valence-electron chi connectivity index (χ4n) is 2.69. The number of ether oxygens (including phenoxy) is 2. The van der Waals surface area contributed by atoms with Crippen molar-refractivity contribution < 1.29 is 14.3 Å². The van der Waals surface area contributed by atoms with Crippen molar-refractivity contribution in [2.24, 2.45) is 11.1 Å². The van der Waals surface area contributed by atoms with Crippen LogP contribution in [0.2, 0.25) is 0 Å². The average Bonchev–Trinajstić information content (AvgIpc) is 2.74. The van der Waals surface area contributed by atoms with Crippen LogP contribution in [0.15, 0.2) is 0 Å². The van der Waals surface area contributed by atoms with E-state index in [0.717, 1.165) is 19.3 Å². The van der Waals surface area contributed by atoms with E-state index in [2.05, 4.69) is 0 Å². The van der Waals surface area contributed by atoms with E-state index in [1.807, 2.05) is 20.8 Å². The SMILES string of the molecule is CC(C)(C)OC(=O)[C@@]1(CN)C[C@H]2CC[C@@H]1O2. The summed E-state index contributed by atoms with van der Waals surface area (Å²) in [6.45, 7) is 5.96. The molecule has 2 aliphatic rings. The predicted molar refractivity (Wildman–Crippen MR) is 59.8 cm³/mol. The molecule has 4 heteroatoms. The highest BCUT2D eigenvalue weighted by atomic mass is 16.6. The van der Waals surface area contributed by atoms with Crippen LogP contribution in [0.5, 0.6) is 0 Å². The Hall–Kier alpha value is -0.610. The van der Waals surface area contributed by atoms with E-state index in [-0.39, 0.29) is 18.2 Å². The summed E-state index contributed by atoms with van der Waals surface area (Å²) in [7, 11) is 0. The molecule has 0 saturated carbocycles. The highest BCUT2D eigenvalue weighted by molar-refractivity contribution is 5.79. The van der Waals surface area contributed by atoms with Gasteiger partial charge < -0.3 is 15.2 Å². The number of rotatable bonds is 2. The van der Waals surface area contributed by atoms with Crippen molar-refractivity contribution in [1.29, 1.82) is 0 Å². The van der Waals surface area contributed by atoms with Crippen LogP contribution in [0.3, 0.4) is 0 Å². The van der Waals surface area contributed by atoms with Crippen molar-refractivity contribution in [3.05, 3.63) is 0 Å². The van der Waals surface area contributed by atoms with Gasteiger partial charge in [0.25, 0.3) is 0 Å². The summed E-state index contributed by atoms with van der Waals surface area (Å²) in [4.78, 5) is 12.2. The zero-order chi connectivity index (χ0) is 12.0. The minimum atomic E-state index is -0.587. The van der Waals surface area contributed by atoms with Gasteiger partial charge in [-0.1, -0.05) is 0 Å². The average molecular weight is 227 g/mol. The van der Waals surface area contributed by atoms with Gasteiger partial charge in [-0.25, -0.2) is 0 Å². The molecule has 2 saturated heterocycles. The number of fused-ring (bicyclic) bond motifs is 2. The van der Waals surface area contributed by atoms with Crippen LogP contribution in [0.25, 0.3) is 0 Å². The van der Waals surface area contributed by atoms with Gasteiger partial charge in [0, 0.05) is 6.54 Å². The zero-order valence-corrected chi connectivity index (χ0v) is 10.3. The van der Waals surface area contributed by atoms with Gasteiger partial charge in [0.15, 0.2) is 0 Å². The maximum atomic E-state index is 12.2. The molecule has 2 rings (SSSR count). The molecular formula is C12H21NO3. The van der Waals surface area contributed by atoms with E-state index >= 15 is 0 Å². The molecule has 2 heterocycles. The number of esters is 1. The molecule has 2 N–H and O–H groups in total. The summed E-state index contributed by atoms with van der Waals surface area (Å²) < 4.78 is 11.2. The second kappa shape index (κ2) is 3.70. The van der Waals surface area contributed by atoms with E-state index in [9.17, 15) is 4.79 Å². The maximum Gasteiger partial charge on any atom is 0.316 e. The molecule has 0 spiro atoms. The van der Waals surface area contributed by atoms with Crippen LogP contribution in [-0.4, -0.2) is 30.3 Å². The lowest BCUT2D eigenvalue weighted by Crippen LogP contribution is -2.49. The molecule has 3 atom stereocenters. The lowest BCUT2D eigenvalue weighted by molar-refractivity contribution is -0.170. The minimum Gasteiger partial charge on any atom is -0.459 e. The molecular weight excluding hydrogens is 206 g/mol. The highest BCUT2D eigenvalue weighted by Crippen LogP contribution is 2.48. The second-order valence-electron chi connectivity index (χ2n) is 5.89. The second-order valence-corrected chi connectivity index (χ2v) is 5.89. The Balaban J connectivity index is 2.14. The molecule has 0 aliphatic carbocycles. The van der Waals surface area contributed by atoms with E-state index < -0.39 is 11.0 Å². The molecule has 0 aromatic heterocycles. The zero-order valence-electron chi connectivity index (χ0n) is 10.3. The van der Waals surface area contributed by atoms with Gasteiger partial charge >= 0.3 is 5.97 Å². The Morgan fingerprint density at radius 1 is 1.50 bits per heavy atom. The molecule has 92 valence electrons. The number of carbonyl (C=O) groups excluding carboxylic acids is 1. The number of nitrogens with two attached hydrogens (primary N) is 1. The van der Waals surface area contributed by atoms with E-state index in [1.165, 1.54) is 0 Å². The molecule has 0 radical (unpaired) electrons. The number of hydrogen-bond acceptors (Lipinski definition) is 4. The maximum absolute atomic E-state index is 12.2. The molecule has 16 heavy (non-hydrogen) atoms. The van der Waals surface area contributed by atoms with Crippen LogP contribution in [0.1, 0.15) is 40.0 Å². The summed E-state index contributed by atoms with van der Waals surface area (Å²) in [6, 6.07) is 0. The number of hydrogen-bond donors (Lipinski definition) is 1. The Kier molecular flexibility index (Phi) is 2.75. The van der Waals surface area contributed by atoms with Crippen LogP contribution in [0, 0.1) is 5.41 Å². The molecule has 2 aliphatic heterocycles. The van der Waals surface area contributed by atoms with Gasteiger partial charge in [0.05, 0.1) is 12.2 Å². The van der Waals surface area contributed by atoms with Crippen LogP contribution >= 0.6 is 0 Å². The number of carbonyl (C=O) groups is 1. The topological polar surface area (TPSA) is 61.5 Å². The molecule has 4 nitrogen and oxygen atoms in total. The van der Waals surface area contributed by atoms with Crippen molar-refractivity contribution in [2.75, 3.05) is 6.54 Å². The van der Waals surface area contributed by atoms with Crippen molar-refractivity contribution in [1.82, 2.24) is 0 Å². The Bertz CT molecular complexity index is 297. The van der Waals surface area contributed by atoms with Crippen LogP contribution in [-0.2, 0) is 14.3 Å². The van der Waals surface area contributed by atoms with Gasteiger partial charge in [-0.15, -0.1) is 0 Å². The summed E-state index contributed by atoms with van der Waals surface area (Å²) in [6.07, 6.45) is 2.89. The lowest BCUT2D eigenvalue weighted by Gasteiger charge is -2.34. The van der Waals surface area contributed by atoms with Crippen molar-refractivity contribution >= 4 is 5.97 Å². The molecule has 0 aromatic rings. The first kappa shape index (κ1) is 11.9. The molecule has 0 aromatic carbocycles. The van der Waals surface area contributed by atoms with Crippen LogP contribution in [0.4, 0.5) is 0 Å². The van der Waals surface area contributed by atoms with E-state index in [1.54, 1.807) is 0 Å². The Labute approximate surface area is 96.5 Å². The fraction of sp³-hybridized carbons (Fsp3) is 0.917. The molecule has 0 amide bonds. The van der Waals surface area contributed by atoms with Gasteiger partial charge in [-0.3, -0.25) is 4.79 Å². The Morgan fingerprint density at radius 2 is 2.19 bits per heavy atom.